The first-order valence-electron chi connectivity index (χ1n) is 7.00. The van der Waals surface area contributed by atoms with Crippen molar-refractivity contribution in [1.82, 2.24) is 9.88 Å². The van der Waals surface area contributed by atoms with E-state index in [-0.39, 0.29) is 5.91 Å². The fourth-order valence-corrected chi connectivity index (χ4v) is 1.87. The third-order valence-corrected chi connectivity index (χ3v) is 3.01. The van der Waals surface area contributed by atoms with Crippen LogP contribution in [0.5, 0.6) is 0 Å². The van der Waals surface area contributed by atoms with Gasteiger partial charge in [0.2, 0.25) is 0 Å². The molecule has 1 aromatic heterocycles. The normalized spacial score (nSPS) is 10.4. The fraction of sp³-hybridized carbons (Fsp3) is 0.571. The van der Waals surface area contributed by atoms with Crippen LogP contribution in [0, 0.1) is 0 Å². The number of ether oxygens (including phenoxy) is 1. The number of rotatable bonds is 8. The Morgan fingerprint density at radius 3 is 2.70 bits per heavy atom. The first-order chi connectivity index (χ1) is 9.65. The van der Waals surface area contributed by atoms with Gasteiger partial charge in [0.05, 0.1) is 6.61 Å². The number of amides is 1. The third kappa shape index (κ3) is 4.47. The Morgan fingerprint density at radius 1 is 1.40 bits per heavy atom. The molecule has 0 spiro atoms. The molecule has 1 amide bonds. The van der Waals surface area contributed by atoms with Gasteiger partial charge in [-0.3, -0.25) is 4.79 Å². The zero-order valence-corrected chi connectivity index (χ0v) is 12.5. The number of aryl methyl sites for hydroxylation is 1. The highest BCUT2D eigenvalue weighted by Crippen LogP contribution is 2.13. The van der Waals surface area contributed by atoms with E-state index in [0.717, 1.165) is 12.1 Å². The maximum atomic E-state index is 12.5. The van der Waals surface area contributed by atoms with Crippen LogP contribution in [0.3, 0.4) is 0 Å². The van der Waals surface area contributed by atoms with Crippen molar-refractivity contribution >= 4 is 11.7 Å². The maximum Gasteiger partial charge on any atom is 0.254 e. The standard InChI is InChI=1S/C14H24N4O2/c1-4-12-9-11(10-13(16-12)17-15)14(19)18(5-2)7-8-20-6-3/h9-10H,4-8,15H2,1-3H3,(H,16,17). The van der Waals surface area contributed by atoms with E-state index in [1.54, 1.807) is 11.0 Å². The van der Waals surface area contributed by atoms with Gasteiger partial charge in [-0.1, -0.05) is 6.92 Å². The van der Waals surface area contributed by atoms with Gasteiger partial charge in [-0.25, -0.2) is 10.8 Å². The number of carbonyl (C=O) groups is 1. The Bertz CT molecular complexity index is 415. The topological polar surface area (TPSA) is 80.5 Å². The lowest BCUT2D eigenvalue weighted by Crippen LogP contribution is -2.34. The van der Waals surface area contributed by atoms with Crippen molar-refractivity contribution in [3.05, 3.63) is 23.4 Å². The quantitative estimate of drug-likeness (QED) is 0.428. The first kappa shape index (κ1) is 16.4. The molecule has 0 aromatic carbocycles. The first-order valence-corrected chi connectivity index (χ1v) is 7.00. The zero-order valence-electron chi connectivity index (χ0n) is 12.5. The molecule has 6 nitrogen and oxygen atoms in total. The molecule has 0 unspecified atom stereocenters. The van der Waals surface area contributed by atoms with E-state index in [0.29, 0.717) is 37.7 Å². The largest absolute Gasteiger partial charge is 0.380 e. The number of anilines is 1. The van der Waals surface area contributed by atoms with Crippen LogP contribution < -0.4 is 11.3 Å². The van der Waals surface area contributed by atoms with E-state index in [4.69, 9.17) is 10.6 Å². The zero-order chi connectivity index (χ0) is 15.0. The Hall–Kier alpha value is -1.66. The Labute approximate surface area is 120 Å². The van der Waals surface area contributed by atoms with Crippen molar-refractivity contribution in [2.24, 2.45) is 5.84 Å². The number of nitrogens with zero attached hydrogens (tertiary/aromatic N) is 2. The number of carbonyl (C=O) groups excluding carboxylic acids is 1. The van der Waals surface area contributed by atoms with Crippen LogP contribution in [-0.2, 0) is 11.2 Å². The number of nitrogen functional groups attached to an aromatic ring is 1. The van der Waals surface area contributed by atoms with Crippen LogP contribution in [0.2, 0.25) is 0 Å². The van der Waals surface area contributed by atoms with Crippen molar-refractivity contribution in [3.63, 3.8) is 0 Å². The molecule has 0 aliphatic carbocycles. The van der Waals surface area contributed by atoms with E-state index in [9.17, 15) is 4.79 Å². The van der Waals surface area contributed by atoms with Crippen molar-refractivity contribution in [3.8, 4) is 0 Å². The highest BCUT2D eigenvalue weighted by molar-refractivity contribution is 5.95. The van der Waals surface area contributed by atoms with Crippen molar-refractivity contribution in [1.29, 1.82) is 0 Å². The molecule has 0 aliphatic heterocycles. The molecule has 1 rings (SSSR count). The Kier molecular flexibility index (Phi) is 6.97. The predicted molar refractivity (Wildman–Crippen MR) is 79.5 cm³/mol. The molecule has 20 heavy (non-hydrogen) atoms. The summed E-state index contributed by atoms with van der Waals surface area (Å²) < 4.78 is 5.30. The van der Waals surface area contributed by atoms with E-state index < -0.39 is 0 Å². The summed E-state index contributed by atoms with van der Waals surface area (Å²) in [6.45, 7) is 8.30. The number of likely N-dealkylation sites (N-methyl/N-ethyl adjacent to an activating group) is 1. The van der Waals surface area contributed by atoms with E-state index in [1.807, 2.05) is 26.8 Å². The predicted octanol–water partition coefficient (Wildman–Crippen LogP) is 1.43. The molecule has 1 aromatic rings. The average molecular weight is 280 g/mol. The molecule has 0 fully saturated rings. The molecule has 1 heterocycles. The van der Waals surface area contributed by atoms with Crippen molar-refractivity contribution in [2.45, 2.75) is 27.2 Å². The van der Waals surface area contributed by atoms with Gasteiger partial charge < -0.3 is 15.1 Å². The molecular formula is C14H24N4O2. The summed E-state index contributed by atoms with van der Waals surface area (Å²) >= 11 is 0. The summed E-state index contributed by atoms with van der Waals surface area (Å²) in [7, 11) is 0. The van der Waals surface area contributed by atoms with Gasteiger partial charge in [0.1, 0.15) is 5.82 Å². The second kappa shape index (κ2) is 8.50. The summed E-state index contributed by atoms with van der Waals surface area (Å²) in [6.07, 6.45) is 0.751. The molecule has 6 heteroatoms. The summed E-state index contributed by atoms with van der Waals surface area (Å²) in [5.41, 5.74) is 3.94. The van der Waals surface area contributed by atoms with Gasteiger partial charge in [-0.05, 0) is 32.4 Å². The van der Waals surface area contributed by atoms with Crippen molar-refractivity contribution < 1.29 is 9.53 Å². The van der Waals surface area contributed by atoms with Crippen LogP contribution in [0.4, 0.5) is 5.82 Å². The van der Waals surface area contributed by atoms with Gasteiger partial charge in [0.25, 0.3) is 5.91 Å². The molecule has 0 bridgehead atoms. The van der Waals surface area contributed by atoms with E-state index in [2.05, 4.69) is 10.4 Å². The summed E-state index contributed by atoms with van der Waals surface area (Å²) in [5, 5.41) is 0. The van der Waals surface area contributed by atoms with Crippen LogP contribution in [-0.4, -0.2) is 42.1 Å². The average Bonchev–Trinajstić information content (AvgIpc) is 2.50. The minimum atomic E-state index is -0.0270. The number of hydrazine groups is 1. The Morgan fingerprint density at radius 2 is 2.15 bits per heavy atom. The van der Waals surface area contributed by atoms with Crippen molar-refractivity contribution in [2.75, 3.05) is 31.7 Å². The molecule has 0 atom stereocenters. The van der Waals surface area contributed by atoms with Crippen LogP contribution in [0.1, 0.15) is 36.8 Å². The fourth-order valence-electron chi connectivity index (χ4n) is 1.87. The van der Waals surface area contributed by atoms with Gasteiger partial charge in [-0.2, -0.15) is 0 Å². The van der Waals surface area contributed by atoms with Crippen LogP contribution in [0.25, 0.3) is 0 Å². The van der Waals surface area contributed by atoms with Gasteiger partial charge >= 0.3 is 0 Å². The van der Waals surface area contributed by atoms with Gasteiger partial charge in [0, 0.05) is 31.0 Å². The molecule has 112 valence electrons. The number of nitrogens with one attached hydrogen (secondary N) is 1. The van der Waals surface area contributed by atoms with E-state index in [1.165, 1.54) is 0 Å². The number of pyridine rings is 1. The highest BCUT2D eigenvalue weighted by Gasteiger charge is 2.15. The molecule has 0 aliphatic rings. The lowest BCUT2D eigenvalue weighted by atomic mass is 10.1. The monoisotopic (exact) mass is 280 g/mol. The highest BCUT2D eigenvalue weighted by atomic mass is 16.5. The SMILES string of the molecule is CCOCCN(CC)C(=O)c1cc(CC)nc(NN)c1. The molecule has 3 N–H and O–H groups in total. The second-order valence-electron chi connectivity index (χ2n) is 4.31. The number of hydrogen-bond donors (Lipinski definition) is 2. The third-order valence-electron chi connectivity index (χ3n) is 3.01. The summed E-state index contributed by atoms with van der Waals surface area (Å²) in [4.78, 5) is 18.5. The minimum absolute atomic E-state index is 0.0270. The second-order valence-corrected chi connectivity index (χ2v) is 4.31. The maximum absolute atomic E-state index is 12.5. The summed E-state index contributed by atoms with van der Waals surface area (Å²) in [5.74, 6) is 5.87. The number of hydrogen-bond acceptors (Lipinski definition) is 5. The minimum Gasteiger partial charge on any atom is -0.380 e. The van der Waals surface area contributed by atoms with Crippen LogP contribution >= 0.6 is 0 Å². The van der Waals surface area contributed by atoms with E-state index >= 15 is 0 Å². The van der Waals surface area contributed by atoms with Gasteiger partial charge in [0.15, 0.2) is 0 Å². The number of aromatic nitrogens is 1. The van der Waals surface area contributed by atoms with Gasteiger partial charge in [-0.15, -0.1) is 0 Å². The molecular weight excluding hydrogens is 256 g/mol. The summed E-state index contributed by atoms with van der Waals surface area (Å²) in [6, 6.07) is 3.48. The number of nitrogens with two attached hydrogens (primary N) is 1. The molecule has 0 radical (unpaired) electrons. The lowest BCUT2D eigenvalue weighted by Gasteiger charge is -2.21. The molecule has 0 saturated carbocycles. The van der Waals surface area contributed by atoms with Crippen LogP contribution in [0.15, 0.2) is 12.1 Å². The Balaban J connectivity index is 2.87. The smallest absolute Gasteiger partial charge is 0.254 e. The lowest BCUT2D eigenvalue weighted by molar-refractivity contribution is 0.0669. The molecule has 0 saturated heterocycles.